The van der Waals surface area contributed by atoms with Crippen molar-refractivity contribution in [3.63, 3.8) is 0 Å². The van der Waals surface area contributed by atoms with Gasteiger partial charge in [0.1, 0.15) is 5.82 Å². The lowest BCUT2D eigenvalue weighted by atomic mass is 10.1. The summed E-state index contributed by atoms with van der Waals surface area (Å²) in [7, 11) is 1.94. The zero-order valence-corrected chi connectivity index (χ0v) is 13.2. The summed E-state index contributed by atoms with van der Waals surface area (Å²) >= 11 is 0. The van der Waals surface area contributed by atoms with Gasteiger partial charge in [0.05, 0.1) is 0 Å². The van der Waals surface area contributed by atoms with E-state index in [1.807, 2.05) is 25.8 Å². The Labute approximate surface area is 126 Å². The minimum Gasteiger partial charge on any atom is -0.343 e. The smallest absolute Gasteiger partial charge is 0.224 e. The largest absolute Gasteiger partial charge is 0.343 e. The first-order valence-electron chi connectivity index (χ1n) is 7.44. The molecule has 2 N–H and O–H groups in total. The number of nitrogens with zero attached hydrogens (tertiary/aromatic N) is 2. The lowest BCUT2D eigenvalue weighted by Crippen LogP contribution is -2.42. The van der Waals surface area contributed by atoms with Crippen molar-refractivity contribution in [2.24, 2.45) is 5.73 Å². The summed E-state index contributed by atoms with van der Waals surface area (Å²) in [5.74, 6) is -0.116. The molecule has 118 valence electrons. The Balaban J connectivity index is 2.62. The molecule has 4 nitrogen and oxygen atoms in total. The molecule has 1 atom stereocenters. The number of amides is 1. The first-order chi connectivity index (χ1) is 10.0. The predicted molar refractivity (Wildman–Crippen MR) is 83.3 cm³/mol. The van der Waals surface area contributed by atoms with Crippen LogP contribution in [0.15, 0.2) is 24.3 Å². The van der Waals surface area contributed by atoms with Gasteiger partial charge in [0.25, 0.3) is 0 Å². The van der Waals surface area contributed by atoms with Crippen LogP contribution in [-0.2, 0) is 11.3 Å². The van der Waals surface area contributed by atoms with E-state index >= 15 is 0 Å². The molecular formula is C16H26FN3O. The Kier molecular flexibility index (Phi) is 7.32. The number of likely N-dealkylation sites (N-methyl/N-ethyl adjacent to an activating group) is 1. The highest BCUT2D eigenvalue weighted by atomic mass is 19.1. The number of hydrogen-bond acceptors (Lipinski definition) is 3. The van der Waals surface area contributed by atoms with Crippen LogP contribution < -0.4 is 5.73 Å². The van der Waals surface area contributed by atoms with E-state index < -0.39 is 0 Å². The first kappa shape index (κ1) is 17.6. The third-order valence-corrected chi connectivity index (χ3v) is 3.77. The average molecular weight is 295 g/mol. The number of hydrogen-bond donors (Lipinski definition) is 1. The molecule has 1 amide bonds. The van der Waals surface area contributed by atoms with Crippen molar-refractivity contribution in [1.29, 1.82) is 0 Å². The molecule has 1 aromatic carbocycles. The van der Waals surface area contributed by atoms with Crippen molar-refractivity contribution in [3.05, 3.63) is 35.6 Å². The van der Waals surface area contributed by atoms with Crippen LogP contribution in [0, 0.1) is 5.82 Å². The van der Waals surface area contributed by atoms with Gasteiger partial charge in [-0.3, -0.25) is 9.69 Å². The standard InChI is InChI=1S/C16H26FN3O/c1-4-20(5-2)16(21)10-15(11-18)19(3)12-13-6-8-14(17)9-7-13/h6-9,15H,4-5,10-12,18H2,1-3H3. The quantitative estimate of drug-likeness (QED) is 0.796. The van der Waals surface area contributed by atoms with Crippen LogP contribution in [0.5, 0.6) is 0 Å². The summed E-state index contributed by atoms with van der Waals surface area (Å²) in [5, 5.41) is 0. The molecule has 5 heteroatoms. The summed E-state index contributed by atoms with van der Waals surface area (Å²) in [6.07, 6.45) is 0.413. The minimum atomic E-state index is -0.242. The fourth-order valence-corrected chi connectivity index (χ4v) is 2.33. The molecule has 0 aliphatic rings. The van der Waals surface area contributed by atoms with E-state index in [-0.39, 0.29) is 17.8 Å². The van der Waals surface area contributed by atoms with Crippen molar-refractivity contribution in [2.75, 3.05) is 26.7 Å². The Bertz CT molecular complexity index is 432. The lowest BCUT2D eigenvalue weighted by molar-refractivity contribution is -0.132. The third-order valence-electron chi connectivity index (χ3n) is 3.77. The van der Waals surface area contributed by atoms with Crippen LogP contribution in [0.4, 0.5) is 4.39 Å². The fraction of sp³-hybridized carbons (Fsp3) is 0.562. The Morgan fingerprint density at radius 3 is 2.29 bits per heavy atom. The monoisotopic (exact) mass is 295 g/mol. The highest BCUT2D eigenvalue weighted by Crippen LogP contribution is 2.10. The second kappa shape index (κ2) is 8.74. The molecule has 1 unspecified atom stereocenters. The minimum absolute atomic E-state index is 0.0110. The molecule has 0 bridgehead atoms. The second-order valence-corrected chi connectivity index (χ2v) is 5.20. The number of halogens is 1. The normalized spacial score (nSPS) is 12.5. The van der Waals surface area contributed by atoms with Gasteiger partial charge in [0.2, 0.25) is 5.91 Å². The van der Waals surface area contributed by atoms with Crippen LogP contribution in [0.3, 0.4) is 0 Å². The van der Waals surface area contributed by atoms with Crippen molar-refractivity contribution >= 4 is 5.91 Å². The topological polar surface area (TPSA) is 49.6 Å². The van der Waals surface area contributed by atoms with Crippen LogP contribution in [0.25, 0.3) is 0 Å². The van der Waals surface area contributed by atoms with Gasteiger partial charge in [0, 0.05) is 38.6 Å². The summed E-state index contributed by atoms with van der Waals surface area (Å²) < 4.78 is 12.9. The molecule has 0 aromatic heterocycles. The molecule has 1 rings (SSSR count). The van der Waals surface area contributed by atoms with Crippen LogP contribution >= 0.6 is 0 Å². The predicted octanol–water partition coefficient (Wildman–Crippen LogP) is 1.84. The molecule has 0 fully saturated rings. The van der Waals surface area contributed by atoms with Gasteiger partial charge in [0.15, 0.2) is 0 Å². The molecule has 0 aliphatic heterocycles. The highest BCUT2D eigenvalue weighted by molar-refractivity contribution is 5.76. The number of benzene rings is 1. The van der Waals surface area contributed by atoms with E-state index in [9.17, 15) is 9.18 Å². The Morgan fingerprint density at radius 2 is 1.81 bits per heavy atom. The zero-order valence-electron chi connectivity index (χ0n) is 13.2. The summed E-state index contributed by atoms with van der Waals surface area (Å²) in [6.45, 7) is 6.45. The van der Waals surface area contributed by atoms with E-state index in [0.717, 1.165) is 5.56 Å². The van der Waals surface area contributed by atoms with Gasteiger partial charge in [-0.1, -0.05) is 12.1 Å². The maximum atomic E-state index is 12.9. The lowest BCUT2D eigenvalue weighted by Gasteiger charge is -2.29. The van der Waals surface area contributed by atoms with E-state index in [1.54, 1.807) is 12.1 Å². The molecule has 0 saturated heterocycles. The number of rotatable bonds is 8. The molecule has 0 heterocycles. The molecule has 0 radical (unpaired) electrons. The van der Waals surface area contributed by atoms with Gasteiger partial charge >= 0.3 is 0 Å². The van der Waals surface area contributed by atoms with Gasteiger partial charge in [-0.2, -0.15) is 0 Å². The molecule has 21 heavy (non-hydrogen) atoms. The molecule has 0 aliphatic carbocycles. The summed E-state index contributed by atoms with van der Waals surface area (Å²) in [5.41, 5.74) is 6.82. The number of nitrogens with two attached hydrogens (primary N) is 1. The fourth-order valence-electron chi connectivity index (χ4n) is 2.33. The number of carbonyl (C=O) groups excluding carboxylic acids is 1. The van der Waals surface area contributed by atoms with Gasteiger partial charge < -0.3 is 10.6 Å². The van der Waals surface area contributed by atoms with Gasteiger partial charge in [-0.05, 0) is 38.6 Å². The second-order valence-electron chi connectivity index (χ2n) is 5.20. The van der Waals surface area contributed by atoms with Crippen molar-refractivity contribution in [3.8, 4) is 0 Å². The first-order valence-corrected chi connectivity index (χ1v) is 7.44. The number of carbonyl (C=O) groups is 1. The average Bonchev–Trinajstić information content (AvgIpc) is 2.48. The van der Waals surface area contributed by atoms with Crippen LogP contribution in [0.1, 0.15) is 25.8 Å². The van der Waals surface area contributed by atoms with Gasteiger partial charge in [-0.25, -0.2) is 4.39 Å². The van der Waals surface area contributed by atoms with Crippen molar-refractivity contribution in [2.45, 2.75) is 32.9 Å². The SMILES string of the molecule is CCN(CC)C(=O)CC(CN)N(C)Cc1ccc(F)cc1. The molecule has 0 spiro atoms. The molecule has 0 saturated carbocycles. The van der Waals surface area contributed by atoms with Gasteiger partial charge in [-0.15, -0.1) is 0 Å². The Hall–Kier alpha value is -1.46. The van der Waals surface area contributed by atoms with E-state index in [1.165, 1.54) is 12.1 Å². The maximum Gasteiger partial charge on any atom is 0.224 e. The van der Waals surface area contributed by atoms with E-state index in [0.29, 0.717) is 32.6 Å². The Morgan fingerprint density at radius 1 is 1.24 bits per heavy atom. The molecule has 1 aromatic rings. The van der Waals surface area contributed by atoms with E-state index in [2.05, 4.69) is 4.90 Å². The summed E-state index contributed by atoms with van der Waals surface area (Å²) in [6, 6.07) is 6.39. The van der Waals surface area contributed by atoms with Crippen molar-refractivity contribution < 1.29 is 9.18 Å². The maximum absolute atomic E-state index is 12.9. The zero-order chi connectivity index (χ0) is 15.8. The van der Waals surface area contributed by atoms with E-state index in [4.69, 9.17) is 5.73 Å². The third kappa shape index (κ3) is 5.44. The van der Waals surface area contributed by atoms with Crippen molar-refractivity contribution in [1.82, 2.24) is 9.80 Å². The van der Waals surface area contributed by atoms with Crippen LogP contribution in [0.2, 0.25) is 0 Å². The van der Waals surface area contributed by atoms with Crippen LogP contribution in [-0.4, -0.2) is 48.4 Å². The molecular weight excluding hydrogens is 269 g/mol. The highest BCUT2D eigenvalue weighted by Gasteiger charge is 2.20. The summed E-state index contributed by atoms with van der Waals surface area (Å²) in [4.78, 5) is 16.0.